The van der Waals surface area contributed by atoms with Gasteiger partial charge in [0.1, 0.15) is 6.10 Å². The summed E-state index contributed by atoms with van der Waals surface area (Å²) in [6.45, 7) is 6.30. The van der Waals surface area contributed by atoms with E-state index in [0.717, 1.165) is 77.0 Å². The van der Waals surface area contributed by atoms with Crippen molar-refractivity contribution in [2.75, 3.05) is 6.61 Å². The Bertz CT molecular complexity index is 1210. The molecule has 0 bridgehead atoms. The summed E-state index contributed by atoms with van der Waals surface area (Å²) >= 11 is 0. The number of rotatable bonds is 46. The number of ether oxygens (including phenoxy) is 1. The van der Waals surface area contributed by atoms with Gasteiger partial charge in [0.15, 0.2) is 0 Å². The van der Waals surface area contributed by atoms with Crippen molar-refractivity contribution in [3.8, 4) is 0 Å². The van der Waals surface area contributed by atoms with Gasteiger partial charge in [-0.2, -0.15) is 0 Å². The van der Waals surface area contributed by atoms with Gasteiger partial charge in [-0.1, -0.05) is 235 Å². The van der Waals surface area contributed by atoms with Crippen molar-refractivity contribution in [2.24, 2.45) is 0 Å². The predicted octanol–water partition coefficient (Wildman–Crippen LogP) is 16.0. The Morgan fingerprint density at radius 1 is 0.508 bits per heavy atom. The summed E-state index contributed by atoms with van der Waals surface area (Å²) in [4.78, 5) is 26.1. The van der Waals surface area contributed by atoms with Crippen molar-refractivity contribution in [2.45, 2.75) is 257 Å². The molecule has 6 nitrogen and oxygen atoms in total. The average molecular weight is 878 g/mol. The molecule has 6 heteroatoms. The zero-order valence-electron chi connectivity index (χ0n) is 41.2. The van der Waals surface area contributed by atoms with Gasteiger partial charge >= 0.3 is 5.97 Å². The van der Waals surface area contributed by atoms with Gasteiger partial charge in [-0.3, -0.25) is 9.59 Å². The summed E-state index contributed by atoms with van der Waals surface area (Å²) in [6.07, 6.45) is 65.3. The fraction of sp³-hybridized carbons (Fsp3) is 0.719. The van der Waals surface area contributed by atoms with Crippen molar-refractivity contribution >= 4 is 11.9 Å². The highest BCUT2D eigenvalue weighted by atomic mass is 16.5. The number of carbonyl (C=O) groups excluding carboxylic acids is 2. The lowest BCUT2D eigenvalue weighted by atomic mass is 10.0. The van der Waals surface area contributed by atoms with Crippen LogP contribution < -0.4 is 5.32 Å². The number of amides is 1. The van der Waals surface area contributed by atoms with Crippen molar-refractivity contribution in [1.29, 1.82) is 0 Å². The molecule has 0 aliphatic heterocycles. The second-order valence-electron chi connectivity index (χ2n) is 17.6. The number of nitrogens with one attached hydrogen (secondary N) is 1. The van der Waals surface area contributed by atoms with E-state index < -0.39 is 18.2 Å². The summed E-state index contributed by atoms with van der Waals surface area (Å²) in [5, 5.41) is 23.7. The number of esters is 1. The Morgan fingerprint density at radius 3 is 1.41 bits per heavy atom. The van der Waals surface area contributed by atoms with Gasteiger partial charge in [-0.05, 0) is 76.7 Å². The smallest absolute Gasteiger partial charge is 0.306 e. The molecule has 3 N–H and O–H groups in total. The van der Waals surface area contributed by atoms with Gasteiger partial charge < -0.3 is 20.3 Å². The summed E-state index contributed by atoms with van der Waals surface area (Å²) in [5.41, 5.74) is 0. The zero-order chi connectivity index (χ0) is 45.9. The van der Waals surface area contributed by atoms with Gasteiger partial charge in [0.2, 0.25) is 5.91 Å². The van der Waals surface area contributed by atoms with Crippen molar-refractivity contribution in [3.63, 3.8) is 0 Å². The quantitative estimate of drug-likeness (QED) is 0.0245. The minimum atomic E-state index is -0.825. The van der Waals surface area contributed by atoms with Crippen LogP contribution in [0.15, 0.2) is 85.1 Å². The second-order valence-corrected chi connectivity index (χ2v) is 17.6. The Hall–Kier alpha value is -2.96. The first-order chi connectivity index (χ1) is 31.0. The van der Waals surface area contributed by atoms with Gasteiger partial charge in [0.25, 0.3) is 0 Å². The minimum absolute atomic E-state index is 0.0539. The molecular weight excluding hydrogens is 779 g/mol. The van der Waals surface area contributed by atoms with Gasteiger partial charge in [0.05, 0.1) is 25.2 Å². The average Bonchev–Trinajstić information content (AvgIpc) is 3.28. The van der Waals surface area contributed by atoms with Crippen molar-refractivity contribution < 1.29 is 24.5 Å². The molecule has 0 saturated carbocycles. The molecule has 3 atom stereocenters. The van der Waals surface area contributed by atoms with Crippen LogP contribution in [-0.2, 0) is 14.3 Å². The first kappa shape index (κ1) is 60.0. The van der Waals surface area contributed by atoms with Crippen LogP contribution in [-0.4, -0.2) is 46.9 Å². The molecule has 1 amide bonds. The molecule has 0 aromatic rings. The third-order valence-corrected chi connectivity index (χ3v) is 11.5. The van der Waals surface area contributed by atoms with E-state index in [2.05, 4.69) is 99.0 Å². The lowest BCUT2D eigenvalue weighted by molar-refractivity contribution is -0.148. The largest absolute Gasteiger partial charge is 0.458 e. The van der Waals surface area contributed by atoms with E-state index in [1.165, 1.54) is 116 Å². The molecule has 0 saturated heterocycles. The number of allylic oxidation sites excluding steroid dienone is 13. The fourth-order valence-electron chi connectivity index (χ4n) is 7.50. The third-order valence-electron chi connectivity index (χ3n) is 11.5. The van der Waals surface area contributed by atoms with Crippen LogP contribution in [0.5, 0.6) is 0 Å². The SMILES string of the molecule is CC/C=C/C/C=C/C/C=C/C/C=C/C/C=C/C(CC(=O)NC(CO)C(O)CCCCCCCCCCCCCCCCC)OC(=O)CCCCCCCC/C=C/C=C/CCCCC. The molecular formula is C57H99NO5. The maximum Gasteiger partial charge on any atom is 0.306 e. The van der Waals surface area contributed by atoms with Crippen LogP contribution in [0, 0.1) is 0 Å². The summed E-state index contributed by atoms with van der Waals surface area (Å²) in [5.74, 6) is -0.644. The molecule has 0 rings (SSSR count). The number of aliphatic hydroxyl groups excluding tert-OH is 2. The predicted molar refractivity (Wildman–Crippen MR) is 273 cm³/mol. The zero-order valence-corrected chi connectivity index (χ0v) is 41.2. The van der Waals surface area contributed by atoms with Crippen molar-refractivity contribution in [3.05, 3.63) is 85.1 Å². The highest BCUT2D eigenvalue weighted by Gasteiger charge is 2.23. The number of aliphatic hydroxyl groups is 2. The number of hydrogen-bond acceptors (Lipinski definition) is 5. The summed E-state index contributed by atoms with van der Waals surface area (Å²) in [7, 11) is 0. The van der Waals surface area contributed by atoms with E-state index in [-0.39, 0.29) is 24.9 Å². The molecule has 0 heterocycles. The molecule has 0 aliphatic carbocycles. The number of hydrogen-bond donors (Lipinski definition) is 3. The maximum absolute atomic E-state index is 13.2. The molecule has 3 unspecified atom stereocenters. The van der Waals surface area contributed by atoms with E-state index in [1.807, 2.05) is 6.08 Å². The number of unbranched alkanes of at least 4 members (excludes halogenated alkanes) is 23. The lowest BCUT2D eigenvalue weighted by Crippen LogP contribution is -2.46. The third kappa shape index (κ3) is 45.4. The van der Waals surface area contributed by atoms with E-state index in [9.17, 15) is 19.8 Å². The topological polar surface area (TPSA) is 95.9 Å². The van der Waals surface area contributed by atoms with Crippen LogP contribution in [0.1, 0.15) is 239 Å². The molecule has 0 aromatic heterocycles. The van der Waals surface area contributed by atoms with Gasteiger partial charge in [-0.25, -0.2) is 0 Å². The number of carbonyl (C=O) groups is 2. The Kier molecular flexibility index (Phi) is 47.7. The lowest BCUT2D eigenvalue weighted by Gasteiger charge is -2.23. The molecule has 0 aliphatic rings. The second kappa shape index (κ2) is 50.0. The van der Waals surface area contributed by atoms with Crippen molar-refractivity contribution in [1.82, 2.24) is 5.32 Å². The van der Waals surface area contributed by atoms with Gasteiger partial charge in [-0.15, -0.1) is 0 Å². The normalized spacial score (nSPS) is 13.9. The van der Waals surface area contributed by atoms with Crippen LogP contribution in [0.4, 0.5) is 0 Å². The van der Waals surface area contributed by atoms with Crippen LogP contribution in [0.3, 0.4) is 0 Å². The molecule has 0 radical (unpaired) electrons. The molecule has 63 heavy (non-hydrogen) atoms. The monoisotopic (exact) mass is 878 g/mol. The van der Waals surface area contributed by atoms with Crippen LogP contribution in [0.25, 0.3) is 0 Å². The molecule has 0 aromatic carbocycles. The standard InChI is InChI=1S/C57H99NO5/c1-4-7-10-13-16-19-22-25-28-31-34-37-40-43-46-49-55(60)54(52-59)58-56(61)51-53(48-45-42-39-36-33-30-27-24-21-18-15-12-9-6-3)63-57(62)50-47-44-41-38-35-32-29-26-23-20-17-14-11-8-5-2/h9,12,17-18,20-21,23,26-27,30,36,39,45,48,53-55,59-60H,4-8,10-11,13-16,19,22,24-25,28-29,31-35,37-38,40-44,46-47,49-52H2,1-3H3,(H,58,61)/b12-9+,20-17+,21-18+,26-23+,30-27+,39-36+,48-45+. The van der Waals surface area contributed by atoms with Crippen LogP contribution in [0.2, 0.25) is 0 Å². The van der Waals surface area contributed by atoms with E-state index in [4.69, 9.17) is 4.74 Å². The van der Waals surface area contributed by atoms with E-state index in [1.54, 1.807) is 6.08 Å². The Morgan fingerprint density at radius 2 is 0.921 bits per heavy atom. The summed E-state index contributed by atoms with van der Waals surface area (Å²) < 4.78 is 5.82. The van der Waals surface area contributed by atoms with Gasteiger partial charge in [0, 0.05) is 6.42 Å². The fourth-order valence-corrected chi connectivity index (χ4v) is 7.50. The van der Waals surface area contributed by atoms with E-state index >= 15 is 0 Å². The maximum atomic E-state index is 13.2. The molecule has 0 spiro atoms. The molecule has 0 fully saturated rings. The highest BCUT2D eigenvalue weighted by Crippen LogP contribution is 2.16. The van der Waals surface area contributed by atoms with Crippen LogP contribution >= 0.6 is 0 Å². The first-order valence-electron chi connectivity index (χ1n) is 26.3. The first-order valence-corrected chi connectivity index (χ1v) is 26.3. The highest BCUT2D eigenvalue weighted by molar-refractivity contribution is 5.78. The summed E-state index contributed by atoms with van der Waals surface area (Å²) in [6, 6.07) is -0.748. The molecule has 362 valence electrons. The minimum Gasteiger partial charge on any atom is -0.458 e. The van der Waals surface area contributed by atoms with E-state index in [0.29, 0.717) is 19.3 Å². The Labute approximate surface area is 389 Å². The Balaban J connectivity index is 4.72.